The summed E-state index contributed by atoms with van der Waals surface area (Å²) in [6.45, 7) is 6.46. The first-order valence-electron chi connectivity index (χ1n) is 10.0. The summed E-state index contributed by atoms with van der Waals surface area (Å²) in [4.78, 5) is 22.3. The summed E-state index contributed by atoms with van der Waals surface area (Å²) in [7, 11) is 0. The van der Waals surface area contributed by atoms with Gasteiger partial charge in [-0.3, -0.25) is 4.79 Å². The zero-order valence-corrected chi connectivity index (χ0v) is 18.9. The lowest BCUT2D eigenvalue weighted by molar-refractivity contribution is 0.474. The normalized spacial score (nSPS) is 12.5. The fraction of sp³-hybridized carbons (Fsp3) is 0.364. The molecule has 0 saturated heterocycles. The van der Waals surface area contributed by atoms with Crippen molar-refractivity contribution < 1.29 is 4.42 Å². The largest absolute Gasteiger partial charge is 0.424 e. The van der Waals surface area contributed by atoms with E-state index in [1.165, 1.54) is 16.6 Å². The molecule has 1 N–H and O–H groups in total. The lowest BCUT2D eigenvalue weighted by Gasteiger charge is -2.08. The van der Waals surface area contributed by atoms with Crippen LogP contribution in [0, 0.1) is 12.8 Å². The van der Waals surface area contributed by atoms with Gasteiger partial charge >= 0.3 is 0 Å². The number of aromatic amines is 1. The highest BCUT2D eigenvalue weighted by Gasteiger charge is 2.17. The molecule has 0 aliphatic heterocycles. The number of aryl methyl sites for hydroxylation is 1. The number of benzene rings is 1. The smallest absolute Gasteiger partial charge is 0.260 e. The second-order valence-corrected chi connectivity index (χ2v) is 9.61. The fourth-order valence-electron chi connectivity index (χ4n) is 3.28. The first-order valence-corrected chi connectivity index (χ1v) is 11.8. The molecule has 0 fully saturated rings. The Kier molecular flexibility index (Phi) is 6.34. The number of aromatic nitrogens is 4. The highest BCUT2D eigenvalue weighted by atomic mass is 32.2. The van der Waals surface area contributed by atoms with Gasteiger partial charge in [0.25, 0.3) is 5.56 Å². The lowest BCUT2D eigenvalue weighted by atomic mass is 9.98. The van der Waals surface area contributed by atoms with Crippen molar-refractivity contribution in [2.45, 2.75) is 50.9 Å². The Morgan fingerprint density at radius 2 is 1.97 bits per heavy atom. The van der Waals surface area contributed by atoms with Crippen LogP contribution >= 0.6 is 23.1 Å². The van der Waals surface area contributed by atoms with Crippen LogP contribution in [0.15, 0.2) is 44.7 Å². The number of nitrogens with zero attached hydrogens (tertiary/aromatic N) is 3. The van der Waals surface area contributed by atoms with E-state index in [1.54, 1.807) is 11.3 Å². The Morgan fingerprint density at radius 1 is 1.20 bits per heavy atom. The van der Waals surface area contributed by atoms with E-state index in [4.69, 9.17) is 4.42 Å². The lowest BCUT2D eigenvalue weighted by Crippen LogP contribution is -2.11. The molecule has 1 unspecified atom stereocenters. The Bertz CT molecular complexity index is 1200. The Balaban J connectivity index is 1.48. The molecule has 6 nitrogen and oxygen atoms in total. The van der Waals surface area contributed by atoms with Crippen LogP contribution < -0.4 is 5.56 Å². The van der Waals surface area contributed by atoms with Crippen molar-refractivity contribution >= 4 is 33.3 Å². The first-order chi connectivity index (χ1) is 14.5. The molecule has 3 heterocycles. The average molecular weight is 441 g/mol. The molecule has 0 aliphatic carbocycles. The molecule has 4 aromatic rings. The Hall–Kier alpha value is -2.45. The molecule has 30 heavy (non-hydrogen) atoms. The van der Waals surface area contributed by atoms with Gasteiger partial charge in [0.1, 0.15) is 4.83 Å². The number of hydrogen-bond acceptors (Lipinski definition) is 7. The highest BCUT2D eigenvalue weighted by Crippen LogP contribution is 2.31. The molecule has 0 spiro atoms. The first kappa shape index (κ1) is 20.8. The Labute approximate surface area is 183 Å². The second-order valence-electron chi connectivity index (χ2n) is 7.45. The third kappa shape index (κ3) is 4.65. The van der Waals surface area contributed by atoms with Crippen molar-refractivity contribution in [3.05, 3.63) is 68.5 Å². The van der Waals surface area contributed by atoms with E-state index in [2.05, 4.69) is 40.9 Å². The van der Waals surface area contributed by atoms with Gasteiger partial charge in [-0.2, -0.15) is 0 Å². The summed E-state index contributed by atoms with van der Waals surface area (Å²) in [6.07, 6.45) is 2.60. The Morgan fingerprint density at radius 3 is 2.73 bits per heavy atom. The minimum absolute atomic E-state index is 0.0690. The molecule has 0 bridgehead atoms. The maximum atomic E-state index is 12.8. The molecule has 3 aromatic heterocycles. The van der Waals surface area contributed by atoms with Gasteiger partial charge in [0.2, 0.25) is 11.8 Å². The van der Waals surface area contributed by atoms with E-state index >= 15 is 0 Å². The SMILES string of the molecule is CCC(C)Cc1c(C)sc2nc(SCc3nnc(Cc4ccccc4)o3)[nH]c(=O)c12. The van der Waals surface area contributed by atoms with Crippen molar-refractivity contribution in [1.82, 2.24) is 20.2 Å². The van der Waals surface area contributed by atoms with Crippen molar-refractivity contribution in [3.63, 3.8) is 0 Å². The van der Waals surface area contributed by atoms with E-state index in [9.17, 15) is 4.79 Å². The van der Waals surface area contributed by atoms with Gasteiger partial charge in [-0.1, -0.05) is 62.4 Å². The number of nitrogens with one attached hydrogen (secondary N) is 1. The molecule has 1 aromatic carbocycles. The van der Waals surface area contributed by atoms with Crippen LogP contribution in [0.2, 0.25) is 0 Å². The van der Waals surface area contributed by atoms with Gasteiger partial charge in [-0.05, 0) is 30.4 Å². The molecule has 0 saturated carbocycles. The fourth-order valence-corrected chi connectivity index (χ4v) is 5.09. The van der Waals surface area contributed by atoms with E-state index in [0.717, 1.165) is 34.2 Å². The highest BCUT2D eigenvalue weighted by molar-refractivity contribution is 7.98. The van der Waals surface area contributed by atoms with Crippen molar-refractivity contribution in [1.29, 1.82) is 0 Å². The third-order valence-electron chi connectivity index (χ3n) is 5.13. The van der Waals surface area contributed by atoms with E-state index in [-0.39, 0.29) is 5.56 Å². The summed E-state index contributed by atoms with van der Waals surface area (Å²) in [5, 5.41) is 9.56. The van der Waals surface area contributed by atoms with Crippen LogP contribution in [0.4, 0.5) is 0 Å². The van der Waals surface area contributed by atoms with E-state index in [0.29, 0.717) is 35.0 Å². The standard InChI is InChI=1S/C22H24N4O2S2/c1-4-13(2)10-16-14(3)30-21-19(16)20(27)23-22(24-21)29-12-18-26-25-17(28-18)11-15-8-6-5-7-9-15/h5-9,13H,4,10-12H2,1-3H3,(H,23,24,27). The monoisotopic (exact) mass is 440 g/mol. The topological polar surface area (TPSA) is 84.7 Å². The van der Waals surface area contributed by atoms with Gasteiger partial charge in [0, 0.05) is 4.88 Å². The van der Waals surface area contributed by atoms with Gasteiger partial charge in [0.15, 0.2) is 5.16 Å². The van der Waals surface area contributed by atoms with E-state index in [1.807, 2.05) is 30.3 Å². The molecular formula is C22H24N4O2S2. The molecule has 0 amide bonds. The van der Waals surface area contributed by atoms with Crippen LogP contribution in [0.25, 0.3) is 10.2 Å². The predicted octanol–water partition coefficient (Wildman–Crippen LogP) is 5.15. The van der Waals surface area contributed by atoms with Crippen molar-refractivity contribution in [2.75, 3.05) is 0 Å². The number of thiophene rings is 1. The number of hydrogen-bond donors (Lipinski definition) is 1. The number of thioether (sulfide) groups is 1. The van der Waals surface area contributed by atoms with Crippen molar-refractivity contribution in [2.24, 2.45) is 5.92 Å². The van der Waals surface area contributed by atoms with Gasteiger partial charge in [-0.25, -0.2) is 4.98 Å². The zero-order chi connectivity index (χ0) is 21.1. The van der Waals surface area contributed by atoms with Crippen LogP contribution in [0.5, 0.6) is 0 Å². The maximum Gasteiger partial charge on any atom is 0.260 e. The molecule has 0 radical (unpaired) electrons. The van der Waals surface area contributed by atoms with Crippen LogP contribution in [0.1, 0.15) is 48.1 Å². The number of rotatable bonds is 8. The minimum Gasteiger partial charge on any atom is -0.424 e. The summed E-state index contributed by atoms with van der Waals surface area (Å²) < 4.78 is 5.75. The minimum atomic E-state index is -0.0690. The number of fused-ring (bicyclic) bond motifs is 1. The van der Waals surface area contributed by atoms with Crippen LogP contribution in [0.3, 0.4) is 0 Å². The molecule has 156 valence electrons. The molecular weight excluding hydrogens is 416 g/mol. The summed E-state index contributed by atoms with van der Waals surface area (Å²) in [5.41, 5.74) is 2.19. The second kappa shape index (κ2) is 9.14. The summed E-state index contributed by atoms with van der Waals surface area (Å²) >= 11 is 2.99. The van der Waals surface area contributed by atoms with Crippen LogP contribution in [-0.4, -0.2) is 20.2 Å². The van der Waals surface area contributed by atoms with Crippen LogP contribution in [-0.2, 0) is 18.6 Å². The quantitative estimate of drug-likeness (QED) is 0.301. The number of H-pyrrole nitrogens is 1. The third-order valence-corrected chi connectivity index (χ3v) is 7.03. The molecule has 8 heteroatoms. The van der Waals surface area contributed by atoms with Gasteiger partial charge < -0.3 is 9.40 Å². The molecule has 0 aliphatic rings. The van der Waals surface area contributed by atoms with Gasteiger partial charge in [-0.15, -0.1) is 21.5 Å². The van der Waals surface area contributed by atoms with Crippen molar-refractivity contribution in [3.8, 4) is 0 Å². The maximum absolute atomic E-state index is 12.8. The summed E-state index contributed by atoms with van der Waals surface area (Å²) in [6, 6.07) is 10.0. The van der Waals surface area contributed by atoms with E-state index < -0.39 is 0 Å². The predicted molar refractivity (Wildman–Crippen MR) is 121 cm³/mol. The average Bonchev–Trinajstić information content (AvgIpc) is 3.31. The molecule has 1 atom stereocenters. The summed E-state index contributed by atoms with van der Waals surface area (Å²) in [5.74, 6) is 2.10. The molecule has 4 rings (SSSR count). The van der Waals surface area contributed by atoms with Gasteiger partial charge in [0.05, 0.1) is 17.6 Å². The zero-order valence-electron chi connectivity index (χ0n) is 17.3.